The van der Waals surface area contributed by atoms with Gasteiger partial charge in [-0.3, -0.25) is 0 Å². The predicted molar refractivity (Wildman–Crippen MR) is 75.2 cm³/mol. The summed E-state index contributed by atoms with van der Waals surface area (Å²) in [6, 6.07) is 5.95. The molecule has 0 aliphatic carbocycles. The minimum absolute atomic E-state index is 0.130. The van der Waals surface area contributed by atoms with Gasteiger partial charge in [0.25, 0.3) is 0 Å². The Balaban J connectivity index is 1.99. The lowest BCUT2D eigenvalue weighted by atomic mass is 10.1. The first-order valence-electron chi connectivity index (χ1n) is 6.62. The average Bonchev–Trinajstić information content (AvgIpc) is 2.91. The number of nitrogen functional groups attached to an aromatic ring is 1. The molecule has 106 valence electrons. The highest BCUT2D eigenvalue weighted by Crippen LogP contribution is 2.21. The van der Waals surface area contributed by atoms with E-state index in [0.29, 0.717) is 19.9 Å². The van der Waals surface area contributed by atoms with E-state index < -0.39 is 0 Å². The van der Waals surface area contributed by atoms with E-state index in [1.165, 1.54) is 0 Å². The number of benzene rings is 1. The third kappa shape index (κ3) is 3.83. The molecule has 5 heteroatoms. The lowest BCUT2D eigenvalue weighted by Crippen LogP contribution is -2.30. The second-order valence-electron chi connectivity index (χ2n) is 4.82. The van der Waals surface area contributed by atoms with Crippen LogP contribution in [0.2, 0.25) is 0 Å². The molecule has 0 saturated carbocycles. The SMILES string of the molecule is Cc1cc(N(CCO)CCC2COCO2)ccc1N. The van der Waals surface area contributed by atoms with E-state index in [2.05, 4.69) is 11.0 Å². The quantitative estimate of drug-likeness (QED) is 0.756. The van der Waals surface area contributed by atoms with Gasteiger partial charge in [-0.25, -0.2) is 0 Å². The fraction of sp³-hybridized carbons (Fsp3) is 0.571. The van der Waals surface area contributed by atoms with Crippen molar-refractivity contribution in [1.82, 2.24) is 0 Å². The molecule has 1 atom stereocenters. The second-order valence-corrected chi connectivity index (χ2v) is 4.82. The van der Waals surface area contributed by atoms with Gasteiger partial charge < -0.3 is 25.2 Å². The van der Waals surface area contributed by atoms with Crippen LogP contribution in [0.1, 0.15) is 12.0 Å². The number of nitrogens with two attached hydrogens (primary N) is 1. The molecule has 1 aromatic carbocycles. The fourth-order valence-electron chi connectivity index (χ4n) is 2.19. The van der Waals surface area contributed by atoms with Gasteiger partial charge in [-0.05, 0) is 37.1 Å². The number of rotatable bonds is 6. The third-order valence-electron chi connectivity index (χ3n) is 3.40. The first-order chi connectivity index (χ1) is 9.20. The Kier molecular flexibility index (Phi) is 5.01. The van der Waals surface area contributed by atoms with Gasteiger partial charge in [-0.1, -0.05) is 0 Å². The standard InChI is InChI=1S/C14H22N2O3/c1-11-8-12(2-3-14(11)15)16(6-7-17)5-4-13-9-18-10-19-13/h2-3,8,13,17H,4-7,9-10,15H2,1H3. The predicted octanol–water partition coefficient (Wildman–Crippen LogP) is 1.14. The molecule has 0 amide bonds. The van der Waals surface area contributed by atoms with Crippen LogP contribution < -0.4 is 10.6 Å². The van der Waals surface area contributed by atoms with Crippen molar-refractivity contribution in [2.75, 3.05) is 43.7 Å². The van der Waals surface area contributed by atoms with Gasteiger partial charge in [0.05, 0.1) is 19.3 Å². The normalized spacial score (nSPS) is 18.7. The Hall–Kier alpha value is -1.30. The van der Waals surface area contributed by atoms with Crippen LogP contribution in [0, 0.1) is 6.92 Å². The fourth-order valence-corrected chi connectivity index (χ4v) is 2.19. The van der Waals surface area contributed by atoms with Crippen molar-refractivity contribution in [3.63, 3.8) is 0 Å². The van der Waals surface area contributed by atoms with Gasteiger partial charge in [0, 0.05) is 24.5 Å². The number of nitrogens with zero attached hydrogens (tertiary/aromatic N) is 1. The third-order valence-corrected chi connectivity index (χ3v) is 3.40. The maximum Gasteiger partial charge on any atom is 0.147 e. The summed E-state index contributed by atoms with van der Waals surface area (Å²) in [7, 11) is 0. The molecule has 0 radical (unpaired) electrons. The zero-order valence-corrected chi connectivity index (χ0v) is 11.3. The van der Waals surface area contributed by atoms with Crippen LogP contribution in [0.15, 0.2) is 18.2 Å². The molecule has 3 N–H and O–H groups in total. The Labute approximate surface area is 113 Å². The number of anilines is 2. The highest BCUT2D eigenvalue weighted by molar-refractivity contribution is 5.58. The molecule has 0 aromatic heterocycles. The monoisotopic (exact) mass is 266 g/mol. The van der Waals surface area contributed by atoms with Crippen molar-refractivity contribution in [3.8, 4) is 0 Å². The zero-order chi connectivity index (χ0) is 13.7. The Morgan fingerprint density at radius 1 is 1.42 bits per heavy atom. The minimum atomic E-state index is 0.130. The topological polar surface area (TPSA) is 68.0 Å². The molecule has 1 aliphatic rings. The van der Waals surface area contributed by atoms with E-state index >= 15 is 0 Å². The number of aliphatic hydroxyl groups is 1. The number of hydrogen-bond donors (Lipinski definition) is 2. The maximum absolute atomic E-state index is 9.19. The largest absolute Gasteiger partial charge is 0.399 e. The molecule has 0 bridgehead atoms. The van der Waals surface area contributed by atoms with Crippen LogP contribution in [0.5, 0.6) is 0 Å². The summed E-state index contributed by atoms with van der Waals surface area (Å²) in [6.07, 6.45) is 1.06. The first kappa shape index (κ1) is 14.1. The van der Waals surface area contributed by atoms with Gasteiger partial charge in [0.1, 0.15) is 6.79 Å². The van der Waals surface area contributed by atoms with Crippen LogP contribution in [-0.2, 0) is 9.47 Å². The van der Waals surface area contributed by atoms with Crippen LogP contribution in [0.3, 0.4) is 0 Å². The van der Waals surface area contributed by atoms with E-state index in [1.807, 2.05) is 19.1 Å². The van der Waals surface area contributed by atoms with Gasteiger partial charge in [-0.15, -0.1) is 0 Å². The summed E-state index contributed by atoms with van der Waals surface area (Å²) in [4.78, 5) is 2.15. The summed E-state index contributed by atoms with van der Waals surface area (Å²) in [5.74, 6) is 0. The van der Waals surface area contributed by atoms with Crippen LogP contribution >= 0.6 is 0 Å². The van der Waals surface area contributed by atoms with Gasteiger partial charge in [0.2, 0.25) is 0 Å². The molecule has 1 saturated heterocycles. The van der Waals surface area contributed by atoms with Crippen molar-refractivity contribution in [3.05, 3.63) is 23.8 Å². The Morgan fingerprint density at radius 2 is 2.26 bits per heavy atom. The molecule has 5 nitrogen and oxygen atoms in total. The molecule has 2 rings (SSSR count). The van der Waals surface area contributed by atoms with Crippen LogP contribution in [-0.4, -0.2) is 44.3 Å². The van der Waals surface area contributed by atoms with Gasteiger partial charge >= 0.3 is 0 Å². The summed E-state index contributed by atoms with van der Waals surface area (Å²) in [6.45, 7) is 4.61. The Morgan fingerprint density at radius 3 is 2.89 bits per heavy atom. The average molecular weight is 266 g/mol. The van der Waals surface area contributed by atoms with Crippen LogP contribution in [0.25, 0.3) is 0 Å². The van der Waals surface area contributed by atoms with E-state index in [1.54, 1.807) is 0 Å². The van der Waals surface area contributed by atoms with E-state index in [0.717, 1.165) is 29.9 Å². The maximum atomic E-state index is 9.19. The molecule has 0 spiro atoms. The van der Waals surface area contributed by atoms with Crippen molar-refractivity contribution in [2.24, 2.45) is 0 Å². The second kappa shape index (κ2) is 6.75. The van der Waals surface area contributed by atoms with E-state index in [4.69, 9.17) is 15.2 Å². The van der Waals surface area contributed by atoms with Crippen molar-refractivity contribution in [1.29, 1.82) is 0 Å². The summed E-state index contributed by atoms with van der Waals surface area (Å²) < 4.78 is 10.6. The molecule has 19 heavy (non-hydrogen) atoms. The number of aliphatic hydroxyl groups excluding tert-OH is 1. The van der Waals surface area contributed by atoms with Crippen molar-refractivity contribution < 1.29 is 14.6 Å². The molecule has 1 aliphatic heterocycles. The lowest BCUT2D eigenvalue weighted by Gasteiger charge is -2.25. The van der Waals surface area contributed by atoms with Crippen LogP contribution in [0.4, 0.5) is 11.4 Å². The highest BCUT2D eigenvalue weighted by Gasteiger charge is 2.17. The van der Waals surface area contributed by atoms with Gasteiger partial charge in [0.15, 0.2) is 0 Å². The number of ether oxygens (including phenoxy) is 2. The molecular weight excluding hydrogens is 244 g/mol. The summed E-state index contributed by atoms with van der Waals surface area (Å²) in [5.41, 5.74) is 8.76. The highest BCUT2D eigenvalue weighted by atomic mass is 16.7. The van der Waals surface area contributed by atoms with Gasteiger partial charge in [-0.2, -0.15) is 0 Å². The number of hydrogen-bond acceptors (Lipinski definition) is 5. The lowest BCUT2D eigenvalue weighted by molar-refractivity contribution is 0.0452. The zero-order valence-electron chi connectivity index (χ0n) is 11.3. The smallest absolute Gasteiger partial charge is 0.147 e. The summed E-state index contributed by atoms with van der Waals surface area (Å²) in [5, 5.41) is 9.19. The Bertz CT molecular complexity index is 406. The van der Waals surface area contributed by atoms with E-state index in [-0.39, 0.29) is 12.7 Å². The molecule has 1 heterocycles. The summed E-state index contributed by atoms with van der Waals surface area (Å²) >= 11 is 0. The van der Waals surface area contributed by atoms with E-state index in [9.17, 15) is 5.11 Å². The van der Waals surface area contributed by atoms with Crippen molar-refractivity contribution >= 4 is 11.4 Å². The van der Waals surface area contributed by atoms with Crippen molar-refractivity contribution in [2.45, 2.75) is 19.4 Å². The molecule has 1 fully saturated rings. The first-order valence-corrected chi connectivity index (χ1v) is 6.62. The molecular formula is C14H22N2O3. The number of aryl methyl sites for hydroxylation is 1. The minimum Gasteiger partial charge on any atom is -0.399 e. The molecule has 1 aromatic rings. The molecule has 1 unspecified atom stereocenters.